The summed E-state index contributed by atoms with van der Waals surface area (Å²) in [6.45, 7) is 6.61. The van der Waals surface area contributed by atoms with Gasteiger partial charge in [-0.15, -0.1) is 0 Å². The highest BCUT2D eigenvalue weighted by Gasteiger charge is 2.31. The van der Waals surface area contributed by atoms with E-state index < -0.39 is 23.4 Å². The first-order valence-electron chi connectivity index (χ1n) is 7.82. The van der Waals surface area contributed by atoms with E-state index in [4.69, 9.17) is 4.74 Å². The lowest BCUT2D eigenvalue weighted by Crippen LogP contribution is -2.46. The molecule has 1 saturated heterocycles. The largest absolute Gasteiger partial charge is 0.444 e. The van der Waals surface area contributed by atoms with Crippen molar-refractivity contribution in [2.45, 2.75) is 51.4 Å². The van der Waals surface area contributed by atoms with E-state index in [2.05, 4.69) is 10.3 Å². The van der Waals surface area contributed by atoms with Crippen LogP contribution in [0.15, 0.2) is 18.3 Å². The summed E-state index contributed by atoms with van der Waals surface area (Å²) in [5, 5.41) is 2.82. The van der Waals surface area contributed by atoms with Crippen LogP contribution in [0.25, 0.3) is 0 Å². The first-order valence-corrected chi connectivity index (χ1v) is 7.82. The molecule has 134 valence electrons. The Morgan fingerprint density at radius 2 is 1.88 bits per heavy atom. The number of piperidine rings is 1. The van der Waals surface area contributed by atoms with E-state index in [1.807, 2.05) is 4.90 Å². The van der Waals surface area contributed by atoms with Gasteiger partial charge in [-0.25, -0.2) is 9.78 Å². The summed E-state index contributed by atoms with van der Waals surface area (Å²) in [5.41, 5.74) is -1.30. The zero-order valence-electron chi connectivity index (χ0n) is 14.0. The van der Waals surface area contributed by atoms with E-state index in [9.17, 15) is 18.0 Å². The molecule has 1 amide bonds. The Hall–Kier alpha value is -1.99. The predicted molar refractivity (Wildman–Crippen MR) is 83.8 cm³/mol. The zero-order chi connectivity index (χ0) is 18.0. The van der Waals surface area contributed by atoms with Crippen molar-refractivity contribution in [1.29, 1.82) is 0 Å². The van der Waals surface area contributed by atoms with E-state index in [-0.39, 0.29) is 6.04 Å². The van der Waals surface area contributed by atoms with Crippen LogP contribution in [0.5, 0.6) is 0 Å². The van der Waals surface area contributed by atoms with Gasteiger partial charge in [0, 0.05) is 25.3 Å². The minimum absolute atomic E-state index is 0.00875. The Balaban J connectivity index is 1.85. The van der Waals surface area contributed by atoms with Crippen LogP contribution in [0.2, 0.25) is 0 Å². The number of ether oxygens (including phenoxy) is 1. The molecule has 0 saturated carbocycles. The summed E-state index contributed by atoms with van der Waals surface area (Å²) < 4.78 is 42.9. The molecule has 5 nitrogen and oxygen atoms in total. The average Bonchev–Trinajstić information content (AvgIpc) is 2.45. The van der Waals surface area contributed by atoms with Crippen LogP contribution < -0.4 is 10.2 Å². The number of carbonyl (C=O) groups is 1. The molecular formula is C16H22F3N3O2. The molecule has 0 unspecified atom stereocenters. The fourth-order valence-corrected chi connectivity index (χ4v) is 2.47. The third kappa shape index (κ3) is 5.28. The zero-order valence-corrected chi connectivity index (χ0v) is 14.0. The van der Waals surface area contributed by atoms with Gasteiger partial charge in [-0.05, 0) is 45.7 Å². The maximum atomic E-state index is 12.5. The van der Waals surface area contributed by atoms with Crippen molar-refractivity contribution in [2.75, 3.05) is 18.0 Å². The summed E-state index contributed by atoms with van der Waals surface area (Å²) in [5.74, 6) is 0.513. The smallest absolute Gasteiger partial charge is 0.417 e. The molecule has 24 heavy (non-hydrogen) atoms. The van der Waals surface area contributed by atoms with Gasteiger partial charge in [0.05, 0.1) is 5.56 Å². The minimum Gasteiger partial charge on any atom is -0.444 e. The highest BCUT2D eigenvalue weighted by Crippen LogP contribution is 2.29. The van der Waals surface area contributed by atoms with E-state index in [0.717, 1.165) is 12.3 Å². The highest BCUT2D eigenvalue weighted by molar-refractivity contribution is 5.68. The summed E-state index contributed by atoms with van der Waals surface area (Å²) in [4.78, 5) is 17.6. The Bertz CT molecular complexity index is 559. The summed E-state index contributed by atoms with van der Waals surface area (Å²) in [7, 11) is 0. The summed E-state index contributed by atoms with van der Waals surface area (Å²) in [6.07, 6.45) is -2.62. The van der Waals surface area contributed by atoms with E-state index in [0.29, 0.717) is 31.7 Å². The number of anilines is 1. The van der Waals surface area contributed by atoms with Crippen molar-refractivity contribution < 1.29 is 22.7 Å². The van der Waals surface area contributed by atoms with E-state index >= 15 is 0 Å². The van der Waals surface area contributed by atoms with Crippen molar-refractivity contribution >= 4 is 11.9 Å². The van der Waals surface area contributed by atoms with Crippen LogP contribution in [0.3, 0.4) is 0 Å². The van der Waals surface area contributed by atoms with Gasteiger partial charge in [0.2, 0.25) is 0 Å². The van der Waals surface area contributed by atoms with Crippen LogP contribution in [-0.4, -0.2) is 35.8 Å². The lowest BCUT2D eigenvalue weighted by Gasteiger charge is -2.33. The fourth-order valence-electron chi connectivity index (χ4n) is 2.47. The molecule has 0 radical (unpaired) electrons. The van der Waals surface area contributed by atoms with Crippen molar-refractivity contribution in [3.63, 3.8) is 0 Å². The van der Waals surface area contributed by atoms with Crippen LogP contribution in [0.1, 0.15) is 39.2 Å². The number of carbonyl (C=O) groups excluding carboxylic acids is 1. The number of hydrogen-bond acceptors (Lipinski definition) is 4. The second-order valence-electron chi connectivity index (χ2n) is 6.81. The van der Waals surface area contributed by atoms with E-state index in [1.165, 1.54) is 6.07 Å². The first-order chi connectivity index (χ1) is 11.0. The molecular weight excluding hydrogens is 323 g/mol. The van der Waals surface area contributed by atoms with Gasteiger partial charge in [0.25, 0.3) is 0 Å². The number of hydrogen-bond donors (Lipinski definition) is 1. The van der Waals surface area contributed by atoms with Crippen LogP contribution in [-0.2, 0) is 10.9 Å². The number of nitrogens with one attached hydrogen (secondary N) is 1. The summed E-state index contributed by atoms with van der Waals surface area (Å²) >= 11 is 0. The van der Waals surface area contributed by atoms with E-state index in [1.54, 1.807) is 20.8 Å². The Kier molecular flexibility index (Phi) is 5.25. The van der Waals surface area contributed by atoms with Crippen molar-refractivity contribution in [1.82, 2.24) is 10.3 Å². The Morgan fingerprint density at radius 3 is 2.33 bits per heavy atom. The minimum atomic E-state index is -4.38. The monoisotopic (exact) mass is 345 g/mol. The topological polar surface area (TPSA) is 54.5 Å². The maximum absolute atomic E-state index is 12.5. The fraction of sp³-hybridized carbons (Fsp3) is 0.625. The first kappa shape index (κ1) is 18.4. The Morgan fingerprint density at radius 1 is 1.25 bits per heavy atom. The molecule has 0 spiro atoms. The number of halogens is 3. The van der Waals surface area contributed by atoms with Crippen molar-refractivity contribution in [3.8, 4) is 0 Å². The van der Waals surface area contributed by atoms with Crippen LogP contribution >= 0.6 is 0 Å². The number of aromatic nitrogens is 1. The van der Waals surface area contributed by atoms with Gasteiger partial charge in [0.15, 0.2) is 0 Å². The number of nitrogens with zero attached hydrogens (tertiary/aromatic N) is 2. The molecule has 2 heterocycles. The van der Waals surface area contributed by atoms with Crippen molar-refractivity contribution in [3.05, 3.63) is 23.9 Å². The number of pyridine rings is 1. The molecule has 1 aromatic heterocycles. The Labute approximate surface area is 139 Å². The van der Waals surface area contributed by atoms with Crippen LogP contribution in [0, 0.1) is 0 Å². The number of alkyl halides is 3. The van der Waals surface area contributed by atoms with Gasteiger partial charge >= 0.3 is 12.3 Å². The lowest BCUT2D eigenvalue weighted by atomic mass is 10.1. The second-order valence-corrected chi connectivity index (χ2v) is 6.81. The average molecular weight is 345 g/mol. The molecule has 1 fully saturated rings. The van der Waals surface area contributed by atoms with Crippen LogP contribution in [0.4, 0.5) is 23.8 Å². The number of alkyl carbamates (subject to hydrolysis) is 1. The molecule has 1 aromatic rings. The predicted octanol–water partition coefficient (Wildman–Crippen LogP) is 3.59. The third-order valence-electron chi connectivity index (χ3n) is 3.62. The van der Waals surface area contributed by atoms with Crippen molar-refractivity contribution in [2.24, 2.45) is 0 Å². The quantitative estimate of drug-likeness (QED) is 0.890. The normalized spacial score (nSPS) is 16.8. The van der Waals surface area contributed by atoms with Gasteiger partial charge in [-0.3, -0.25) is 0 Å². The summed E-state index contributed by atoms with van der Waals surface area (Å²) in [6, 6.07) is 2.41. The molecule has 0 aromatic carbocycles. The standard InChI is InChI=1S/C16H22F3N3O2/c1-15(2,3)24-14(23)21-12-6-8-22(9-7-12)13-5-4-11(10-20-13)16(17,18)19/h4-5,10,12H,6-9H2,1-3H3,(H,21,23). The molecule has 1 N–H and O–H groups in total. The molecule has 0 aliphatic carbocycles. The van der Waals surface area contributed by atoms with Gasteiger partial charge in [-0.2, -0.15) is 13.2 Å². The SMILES string of the molecule is CC(C)(C)OC(=O)NC1CCN(c2ccc(C(F)(F)F)cn2)CC1. The molecule has 1 aliphatic heterocycles. The molecule has 1 aliphatic rings. The van der Waals surface area contributed by atoms with Gasteiger partial charge in [0.1, 0.15) is 11.4 Å². The molecule has 0 atom stereocenters. The molecule has 8 heteroatoms. The van der Waals surface area contributed by atoms with Gasteiger partial charge < -0.3 is 15.0 Å². The number of rotatable bonds is 2. The second kappa shape index (κ2) is 6.86. The van der Waals surface area contributed by atoms with Gasteiger partial charge in [-0.1, -0.05) is 0 Å². The highest BCUT2D eigenvalue weighted by atomic mass is 19.4. The molecule has 0 bridgehead atoms. The lowest BCUT2D eigenvalue weighted by molar-refractivity contribution is -0.137. The number of amides is 1. The molecule has 2 rings (SSSR count). The maximum Gasteiger partial charge on any atom is 0.417 e. The third-order valence-corrected chi connectivity index (χ3v) is 3.62.